The summed E-state index contributed by atoms with van der Waals surface area (Å²) in [6, 6.07) is 6.82. The molecule has 6 N–H and O–H groups in total. The van der Waals surface area contributed by atoms with Crippen LogP contribution < -0.4 is 27.7 Å². The predicted molar refractivity (Wildman–Crippen MR) is 126 cm³/mol. The van der Waals surface area contributed by atoms with E-state index in [0.717, 1.165) is 10.8 Å². The van der Waals surface area contributed by atoms with E-state index < -0.39 is 48.5 Å². The van der Waals surface area contributed by atoms with Crippen LogP contribution in [0.4, 0.5) is 23.7 Å². The van der Waals surface area contributed by atoms with Crippen LogP contribution in [0.2, 0.25) is 0 Å². The number of ketones is 1. The summed E-state index contributed by atoms with van der Waals surface area (Å²) >= 11 is 0. The Labute approximate surface area is 208 Å². The molecule has 0 spiro atoms. The highest BCUT2D eigenvalue weighted by molar-refractivity contribution is 5.92. The minimum Gasteiger partial charge on any atom is -0.444 e. The lowest BCUT2D eigenvalue weighted by Crippen LogP contribution is -2.48. The largest absolute Gasteiger partial charge is 0.452 e. The van der Waals surface area contributed by atoms with Crippen LogP contribution in [0.15, 0.2) is 46.3 Å². The fraction of sp³-hybridized carbons (Fsp3) is 0.364. The Hall–Kier alpha value is -4.43. The molecule has 0 aliphatic rings. The summed E-state index contributed by atoms with van der Waals surface area (Å²) in [7, 11) is 0. The Morgan fingerprint density at radius 3 is 2.49 bits per heavy atom. The van der Waals surface area contributed by atoms with Crippen LogP contribution in [0.5, 0.6) is 0 Å². The molecule has 1 atom stereocenters. The van der Waals surface area contributed by atoms with Crippen LogP contribution in [0.1, 0.15) is 24.2 Å². The van der Waals surface area contributed by atoms with Gasteiger partial charge in [-0.1, -0.05) is 30.3 Å². The number of halogens is 3. The number of aliphatic imine (C=N–C) groups is 1. The molecular formula is C22H26F3N7O5. The van der Waals surface area contributed by atoms with Crippen LogP contribution in [0.3, 0.4) is 0 Å². The molecule has 0 fully saturated rings. The highest BCUT2D eigenvalue weighted by Crippen LogP contribution is 2.20. The first-order chi connectivity index (χ1) is 17.4. The van der Waals surface area contributed by atoms with Crippen LogP contribution in [0.25, 0.3) is 0 Å². The maximum Gasteiger partial charge on any atom is 0.452 e. The quantitative estimate of drug-likeness (QED) is 0.190. The van der Waals surface area contributed by atoms with Gasteiger partial charge in [0.15, 0.2) is 5.96 Å². The second-order valence-corrected chi connectivity index (χ2v) is 7.73. The fourth-order valence-corrected chi connectivity index (χ4v) is 3.07. The molecule has 2 amide bonds. The molecule has 2 aromatic rings. The molecule has 1 heterocycles. The number of guanidine groups is 1. The van der Waals surface area contributed by atoms with E-state index in [4.69, 9.17) is 16.2 Å². The van der Waals surface area contributed by atoms with Crippen LogP contribution in [-0.4, -0.2) is 52.1 Å². The molecule has 0 saturated heterocycles. The van der Waals surface area contributed by atoms with E-state index in [9.17, 15) is 32.3 Å². The molecule has 1 unspecified atom stereocenters. The second kappa shape index (κ2) is 13.0. The number of anilines is 1. The van der Waals surface area contributed by atoms with Crippen molar-refractivity contribution in [2.75, 3.05) is 11.9 Å². The summed E-state index contributed by atoms with van der Waals surface area (Å²) in [5.74, 6) is -3.46. The number of nitrogens with two attached hydrogens (primary N) is 2. The van der Waals surface area contributed by atoms with Crippen molar-refractivity contribution in [1.82, 2.24) is 14.9 Å². The minimum atomic E-state index is -5.20. The molecule has 0 bridgehead atoms. The monoisotopic (exact) mass is 525 g/mol. The molecular weight excluding hydrogens is 499 g/mol. The summed E-state index contributed by atoms with van der Waals surface area (Å²) in [5, 5.41) is 4.21. The van der Waals surface area contributed by atoms with Gasteiger partial charge in [0, 0.05) is 6.54 Å². The lowest BCUT2D eigenvalue weighted by molar-refractivity contribution is -0.174. The first-order valence-corrected chi connectivity index (χ1v) is 10.9. The number of rotatable bonds is 11. The van der Waals surface area contributed by atoms with Gasteiger partial charge >= 0.3 is 12.3 Å². The number of carbonyl (C=O) groups is 3. The third-order valence-electron chi connectivity index (χ3n) is 4.87. The van der Waals surface area contributed by atoms with Crippen LogP contribution in [-0.2, 0) is 27.5 Å². The molecule has 1 aromatic heterocycles. The van der Waals surface area contributed by atoms with Crippen molar-refractivity contribution in [2.45, 2.75) is 45.1 Å². The molecule has 2 rings (SSSR count). The smallest absolute Gasteiger partial charge is 0.444 e. The van der Waals surface area contributed by atoms with Gasteiger partial charge in [0.05, 0.1) is 12.2 Å². The standard InChI is InChI=1S/C22H26F3N7O5/c1-13-29-10-16(31-21(36)37-12-14-6-3-2-4-7-14)19(35)32(13)11-17(33)30-15(18(34)22(23,24)25)8-5-9-28-20(26)27/h2-4,6-7,10,15H,5,8-9,11-12H2,1H3,(H,30,33)(H,31,36)(H4,26,27,28). The summed E-state index contributed by atoms with van der Waals surface area (Å²) in [5.41, 5.74) is 9.84. The van der Waals surface area contributed by atoms with Gasteiger partial charge in [-0.2, -0.15) is 13.2 Å². The maximum atomic E-state index is 13.0. The van der Waals surface area contributed by atoms with Gasteiger partial charge in [0.1, 0.15) is 24.7 Å². The molecule has 15 heteroatoms. The zero-order valence-electron chi connectivity index (χ0n) is 19.7. The summed E-state index contributed by atoms with van der Waals surface area (Å²) in [4.78, 5) is 56.7. The topological polar surface area (TPSA) is 184 Å². The second-order valence-electron chi connectivity index (χ2n) is 7.73. The number of benzene rings is 1. The van der Waals surface area contributed by atoms with Crippen molar-refractivity contribution in [2.24, 2.45) is 16.5 Å². The molecule has 0 aliphatic carbocycles. The van der Waals surface area contributed by atoms with E-state index in [-0.39, 0.29) is 37.0 Å². The SMILES string of the molecule is Cc1ncc(NC(=O)OCc2ccccc2)c(=O)n1CC(=O)NC(CCCN=C(N)N)C(=O)C(F)(F)F. The van der Waals surface area contributed by atoms with Crippen molar-refractivity contribution >= 4 is 29.4 Å². The van der Waals surface area contributed by atoms with Crippen molar-refractivity contribution < 1.29 is 32.3 Å². The molecule has 0 saturated carbocycles. The van der Waals surface area contributed by atoms with Gasteiger partial charge < -0.3 is 21.5 Å². The highest BCUT2D eigenvalue weighted by Gasteiger charge is 2.43. The van der Waals surface area contributed by atoms with Crippen molar-refractivity contribution in [3.63, 3.8) is 0 Å². The van der Waals surface area contributed by atoms with Gasteiger partial charge in [0.25, 0.3) is 11.3 Å². The fourth-order valence-electron chi connectivity index (χ4n) is 3.07. The first-order valence-electron chi connectivity index (χ1n) is 10.9. The molecule has 12 nitrogen and oxygen atoms in total. The minimum absolute atomic E-state index is 0.0320. The van der Waals surface area contributed by atoms with E-state index in [2.05, 4.69) is 15.3 Å². The van der Waals surface area contributed by atoms with Gasteiger partial charge in [-0.05, 0) is 25.3 Å². The van der Waals surface area contributed by atoms with Crippen molar-refractivity contribution in [1.29, 1.82) is 0 Å². The average Bonchev–Trinajstić information content (AvgIpc) is 2.83. The van der Waals surface area contributed by atoms with E-state index in [0.29, 0.717) is 5.56 Å². The van der Waals surface area contributed by atoms with Gasteiger partial charge in [-0.3, -0.25) is 29.3 Å². The molecule has 200 valence electrons. The van der Waals surface area contributed by atoms with E-state index in [1.807, 2.05) is 5.32 Å². The number of aryl methyl sites for hydroxylation is 1. The molecule has 1 aromatic carbocycles. The number of nitrogens with zero attached hydrogens (tertiary/aromatic N) is 3. The van der Waals surface area contributed by atoms with Gasteiger partial charge in [-0.25, -0.2) is 9.78 Å². The number of hydrogen-bond acceptors (Lipinski definition) is 7. The third kappa shape index (κ3) is 9.27. The Bertz CT molecular complexity index is 1200. The van der Waals surface area contributed by atoms with Crippen LogP contribution >= 0.6 is 0 Å². The Balaban J connectivity index is 2.09. The highest BCUT2D eigenvalue weighted by atomic mass is 19.4. The maximum absolute atomic E-state index is 13.0. The number of Topliss-reactive ketones (excluding diaryl/α,β-unsaturated/α-hetero) is 1. The van der Waals surface area contributed by atoms with Gasteiger partial charge in [0.2, 0.25) is 5.91 Å². The number of hydrogen-bond donors (Lipinski definition) is 4. The number of carbonyl (C=O) groups excluding carboxylic acids is 3. The Kier molecular flexibility index (Phi) is 10.1. The number of ether oxygens (including phenoxy) is 1. The van der Waals surface area contributed by atoms with E-state index in [1.165, 1.54) is 6.92 Å². The summed E-state index contributed by atoms with van der Waals surface area (Å²) < 4.78 is 44.9. The van der Waals surface area contributed by atoms with E-state index in [1.54, 1.807) is 30.3 Å². The lowest BCUT2D eigenvalue weighted by atomic mass is 10.1. The van der Waals surface area contributed by atoms with Crippen LogP contribution in [0, 0.1) is 6.92 Å². The predicted octanol–water partition coefficient (Wildman–Crippen LogP) is 0.970. The van der Waals surface area contributed by atoms with Gasteiger partial charge in [-0.15, -0.1) is 0 Å². The van der Waals surface area contributed by atoms with Crippen molar-refractivity contribution in [3.05, 3.63) is 58.3 Å². The zero-order chi connectivity index (χ0) is 27.6. The number of amides is 2. The molecule has 0 aliphatic heterocycles. The van der Waals surface area contributed by atoms with Crippen molar-refractivity contribution in [3.8, 4) is 0 Å². The average molecular weight is 525 g/mol. The first kappa shape index (κ1) is 28.8. The number of nitrogens with one attached hydrogen (secondary N) is 2. The lowest BCUT2D eigenvalue weighted by Gasteiger charge is -2.19. The summed E-state index contributed by atoms with van der Waals surface area (Å²) in [6.07, 6.45) is -5.54. The number of aromatic nitrogens is 2. The summed E-state index contributed by atoms with van der Waals surface area (Å²) in [6.45, 7) is 0.484. The Morgan fingerprint density at radius 2 is 1.86 bits per heavy atom. The normalized spacial score (nSPS) is 11.8. The zero-order valence-corrected chi connectivity index (χ0v) is 19.7. The molecule has 0 radical (unpaired) electrons. The third-order valence-corrected chi connectivity index (χ3v) is 4.87. The van der Waals surface area contributed by atoms with E-state index >= 15 is 0 Å². The molecule has 37 heavy (non-hydrogen) atoms. The number of alkyl halides is 3. The Morgan fingerprint density at radius 1 is 1.19 bits per heavy atom.